The van der Waals surface area contributed by atoms with Crippen LogP contribution in [0.4, 0.5) is 10.1 Å². The average molecular weight is 500 g/mol. The van der Waals surface area contributed by atoms with E-state index in [9.17, 15) is 22.4 Å². The number of anilines is 1. The molecule has 2 aliphatic heterocycles. The molecule has 9 heteroatoms. The van der Waals surface area contributed by atoms with Crippen LogP contribution in [-0.2, 0) is 32.6 Å². The van der Waals surface area contributed by atoms with Crippen molar-refractivity contribution >= 4 is 27.5 Å². The molecule has 0 radical (unpaired) electrons. The number of nitrogens with one attached hydrogen (secondary N) is 1. The van der Waals surface area contributed by atoms with E-state index in [-0.39, 0.29) is 47.6 Å². The van der Waals surface area contributed by atoms with Crippen LogP contribution in [0.25, 0.3) is 0 Å². The molecular weight excluding hydrogens is 469 g/mol. The van der Waals surface area contributed by atoms with Gasteiger partial charge in [0.1, 0.15) is 5.82 Å². The normalized spacial score (nSPS) is 22.6. The summed E-state index contributed by atoms with van der Waals surface area (Å²) in [4.78, 5) is 27.5. The molecule has 2 aromatic carbocycles. The van der Waals surface area contributed by atoms with Crippen molar-refractivity contribution in [1.82, 2.24) is 9.62 Å². The fourth-order valence-corrected chi connectivity index (χ4v) is 6.67. The summed E-state index contributed by atoms with van der Waals surface area (Å²) in [7, 11) is -3.77. The fourth-order valence-electron chi connectivity index (χ4n) is 5.09. The lowest BCUT2D eigenvalue weighted by molar-refractivity contribution is -0.126. The molecule has 2 unspecified atom stereocenters. The van der Waals surface area contributed by atoms with Gasteiger partial charge in [0.2, 0.25) is 21.8 Å². The van der Waals surface area contributed by atoms with Crippen LogP contribution < -0.4 is 10.2 Å². The summed E-state index contributed by atoms with van der Waals surface area (Å²) in [5, 5.41) is 2.85. The Hall–Kier alpha value is -2.78. The third-order valence-corrected chi connectivity index (χ3v) is 9.06. The van der Waals surface area contributed by atoms with Crippen LogP contribution in [0.5, 0.6) is 0 Å². The van der Waals surface area contributed by atoms with Gasteiger partial charge < -0.3 is 10.2 Å². The van der Waals surface area contributed by atoms with E-state index in [1.165, 1.54) is 16.4 Å². The van der Waals surface area contributed by atoms with Crippen molar-refractivity contribution in [2.24, 2.45) is 11.8 Å². The molecule has 0 aromatic heterocycles. The smallest absolute Gasteiger partial charge is 0.243 e. The Labute approximate surface area is 205 Å². The van der Waals surface area contributed by atoms with Crippen molar-refractivity contribution in [1.29, 1.82) is 0 Å². The first kappa shape index (κ1) is 23.9. The lowest BCUT2D eigenvalue weighted by atomic mass is 9.99. The number of piperidine rings is 1. The van der Waals surface area contributed by atoms with Crippen molar-refractivity contribution in [2.75, 3.05) is 18.0 Å². The number of sulfonamides is 1. The van der Waals surface area contributed by atoms with E-state index in [0.717, 1.165) is 29.7 Å². The molecule has 2 heterocycles. The van der Waals surface area contributed by atoms with Crippen molar-refractivity contribution in [3.63, 3.8) is 0 Å². The summed E-state index contributed by atoms with van der Waals surface area (Å²) in [5.74, 6) is -0.744. The van der Waals surface area contributed by atoms with Crippen LogP contribution in [0, 0.1) is 17.7 Å². The molecular formula is C26H30FN3O4S. The number of halogens is 1. The SMILES string of the molecule is CC1Cc2cc(S(=O)(=O)N3CCCC(C(=O)NCc4ccc(F)cc4)C3)ccc2N1C(=O)C1CC1. The van der Waals surface area contributed by atoms with Gasteiger partial charge in [-0.1, -0.05) is 12.1 Å². The number of benzene rings is 2. The minimum atomic E-state index is -3.77. The number of nitrogens with zero attached hydrogens (tertiary/aromatic N) is 2. The fraction of sp³-hybridized carbons (Fsp3) is 0.462. The lowest BCUT2D eigenvalue weighted by Crippen LogP contribution is -2.45. The second-order valence-corrected chi connectivity index (χ2v) is 11.8. The van der Waals surface area contributed by atoms with E-state index < -0.39 is 15.9 Å². The minimum Gasteiger partial charge on any atom is -0.352 e. The molecule has 1 saturated heterocycles. The Morgan fingerprint density at radius 1 is 1.06 bits per heavy atom. The molecule has 1 N–H and O–H groups in total. The second kappa shape index (κ2) is 9.35. The van der Waals surface area contributed by atoms with Crippen LogP contribution in [0.2, 0.25) is 0 Å². The standard InChI is InChI=1S/C26H30FN3O4S/c1-17-13-21-14-23(10-11-24(21)30(17)26(32)19-6-7-19)35(33,34)29-12-2-3-20(16-29)25(31)28-15-18-4-8-22(27)9-5-18/h4-5,8-11,14,17,19-20H,2-3,6-7,12-13,15-16H2,1H3,(H,28,31). The molecule has 3 aliphatic rings. The monoisotopic (exact) mass is 499 g/mol. The summed E-state index contributed by atoms with van der Waals surface area (Å²) < 4.78 is 41.4. The van der Waals surface area contributed by atoms with E-state index in [2.05, 4.69) is 5.32 Å². The number of amides is 2. The highest BCUT2D eigenvalue weighted by atomic mass is 32.2. The van der Waals surface area contributed by atoms with Gasteiger partial charge in [-0.3, -0.25) is 9.59 Å². The zero-order valence-corrected chi connectivity index (χ0v) is 20.6. The molecule has 35 heavy (non-hydrogen) atoms. The predicted molar refractivity (Wildman–Crippen MR) is 130 cm³/mol. The van der Waals surface area contributed by atoms with Crippen molar-refractivity contribution in [3.05, 3.63) is 59.4 Å². The van der Waals surface area contributed by atoms with E-state index >= 15 is 0 Å². The Balaban J connectivity index is 1.27. The van der Waals surface area contributed by atoms with Gasteiger partial charge in [-0.05, 0) is 80.5 Å². The maximum Gasteiger partial charge on any atom is 0.243 e. The van der Waals surface area contributed by atoms with Gasteiger partial charge in [0.15, 0.2) is 0 Å². The zero-order chi connectivity index (χ0) is 24.7. The third-order valence-electron chi connectivity index (χ3n) is 7.20. The minimum absolute atomic E-state index is 0.0141. The Kier molecular flexibility index (Phi) is 6.40. The summed E-state index contributed by atoms with van der Waals surface area (Å²) in [6.07, 6.45) is 3.70. The first-order chi connectivity index (χ1) is 16.7. The quantitative estimate of drug-likeness (QED) is 0.661. The van der Waals surface area contributed by atoms with Gasteiger partial charge in [-0.15, -0.1) is 0 Å². The lowest BCUT2D eigenvalue weighted by Gasteiger charge is -2.31. The molecule has 7 nitrogen and oxygen atoms in total. The Morgan fingerprint density at radius 3 is 2.51 bits per heavy atom. The number of hydrogen-bond acceptors (Lipinski definition) is 4. The predicted octanol–water partition coefficient (Wildman–Crippen LogP) is 3.23. The van der Waals surface area contributed by atoms with Crippen molar-refractivity contribution in [2.45, 2.75) is 56.5 Å². The molecule has 2 amide bonds. The first-order valence-corrected chi connectivity index (χ1v) is 13.7. The van der Waals surface area contributed by atoms with E-state index in [1.807, 2.05) is 11.8 Å². The zero-order valence-electron chi connectivity index (χ0n) is 19.7. The summed E-state index contributed by atoms with van der Waals surface area (Å²) in [5.41, 5.74) is 2.46. The van der Waals surface area contributed by atoms with Gasteiger partial charge in [0, 0.05) is 37.3 Å². The van der Waals surface area contributed by atoms with Crippen molar-refractivity contribution < 1.29 is 22.4 Å². The highest BCUT2D eigenvalue weighted by molar-refractivity contribution is 7.89. The number of fused-ring (bicyclic) bond motifs is 1. The molecule has 2 aromatic rings. The maximum atomic E-state index is 13.5. The van der Waals surface area contributed by atoms with E-state index in [1.54, 1.807) is 30.3 Å². The van der Waals surface area contributed by atoms with Crippen LogP contribution in [0.3, 0.4) is 0 Å². The number of hydrogen-bond donors (Lipinski definition) is 1. The van der Waals surface area contributed by atoms with Crippen LogP contribution in [0.15, 0.2) is 47.4 Å². The van der Waals surface area contributed by atoms with Crippen LogP contribution >= 0.6 is 0 Å². The molecule has 1 aliphatic carbocycles. The van der Waals surface area contributed by atoms with Crippen LogP contribution in [-0.4, -0.2) is 43.7 Å². The van der Waals surface area contributed by atoms with E-state index in [4.69, 9.17) is 0 Å². The summed E-state index contributed by atoms with van der Waals surface area (Å²) in [6, 6.07) is 11.0. The van der Waals surface area contributed by atoms with Gasteiger partial charge in [-0.25, -0.2) is 12.8 Å². The Bertz CT molecular complexity index is 1240. The molecule has 2 fully saturated rings. The molecule has 0 spiro atoms. The first-order valence-electron chi connectivity index (χ1n) is 12.2. The van der Waals surface area contributed by atoms with Crippen LogP contribution in [0.1, 0.15) is 43.7 Å². The topological polar surface area (TPSA) is 86.8 Å². The Morgan fingerprint density at radius 2 is 1.80 bits per heavy atom. The molecule has 2 atom stereocenters. The van der Waals surface area contributed by atoms with Gasteiger partial charge in [0.25, 0.3) is 0 Å². The largest absolute Gasteiger partial charge is 0.352 e. The average Bonchev–Trinajstić information content (AvgIpc) is 3.65. The molecule has 1 saturated carbocycles. The molecule has 186 valence electrons. The number of carbonyl (C=O) groups is 2. The second-order valence-electron chi connectivity index (χ2n) is 9.87. The van der Waals surface area contributed by atoms with Gasteiger partial charge >= 0.3 is 0 Å². The molecule has 5 rings (SSSR count). The van der Waals surface area contributed by atoms with E-state index in [0.29, 0.717) is 25.8 Å². The maximum absolute atomic E-state index is 13.5. The number of carbonyl (C=O) groups excluding carboxylic acids is 2. The number of rotatable bonds is 6. The molecule has 0 bridgehead atoms. The highest BCUT2D eigenvalue weighted by Gasteiger charge is 2.40. The van der Waals surface area contributed by atoms with Gasteiger partial charge in [0.05, 0.1) is 10.8 Å². The third kappa shape index (κ3) is 4.84. The summed E-state index contributed by atoms with van der Waals surface area (Å²) in [6.45, 7) is 2.75. The summed E-state index contributed by atoms with van der Waals surface area (Å²) >= 11 is 0. The van der Waals surface area contributed by atoms with Gasteiger partial charge in [-0.2, -0.15) is 4.31 Å². The van der Waals surface area contributed by atoms with Crippen molar-refractivity contribution in [3.8, 4) is 0 Å². The highest BCUT2D eigenvalue weighted by Crippen LogP contribution is 2.40.